The van der Waals surface area contributed by atoms with Crippen LogP contribution < -0.4 is 10.6 Å². The predicted molar refractivity (Wildman–Crippen MR) is 79.8 cm³/mol. The summed E-state index contributed by atoms with van der Waals surface area (Å²) in [7, 11) is 0. The minimum atomic E-state index is -0.947. The highest BCUT2D eigenvalue weighted by molar-refractivity contribution is 5.96. The van der Waals surface area contributed by atoms with Gasteiger partial charge >= 0.3 is 6.09 Å². The molecule has 0 aromatic heterocycles. The number of fused-ring (bicyclic) bond motifs is 1. The van der Waals surface area contributed by atoms with Crippen LogP contribution in [0.25, 0.3) is 0 Å². The lowest BCUT2D eigenvalue weighted by Gasteiger charge is -2.32. The predicted octanol–water partition coefficient (Wildman–Crippen LogP) is 3.13. The molecule has 0 atom stereocenters. The number of nitro benzene ring substituents is 1. The van der Waals surface area contributed by atoms with Crippen LogP contribution in [0.3, 0.4) is 0 Å². The molecule has 0 saturated carbocycles. The van der Waals surface area contributed by atoms with Crippen LogP contribution in [0.5, 0.6) is 0 Å². The summed E-state index contributed by atoms with van der Waals surface area (Å²) in [5.41, 5.74) is -0.265. The van der Waals surface area contributed by atoms with E-state index >= 15 is 0 Å². The molecule has 1 heterocycles. The smallest absolute Gasteiger partial charge is 0.412 e. The number of carbonyl (C=O) groups excluding carboxylic acids is 2. The lowest BCUT2D eigenvalue weighted by molar-refractivity contribution is -0.383. The lowest BCUT2D eigenvalue weighted by Crippen LogP contribution is -2.35. The van der Waals surface area contributed by atoms with Crippen LogP contribution in [0.4, 0.5) is 21.9 Å². The summed E-state index contributed by atoms with van der Waals surface area (Å²) in [5, 5.41) is 16.2. The van der Waals surface area contributed by atoms with E-state index in [9.17, 15) is 19.7 Å². The van der Waals surface area contributed by atoms with Gasteiger partial charge in [0.1, 0.15) is 11.3 Å². The van der Waals surface area contributed by atoms with Gasteiger partial charge in [0.25, 0.3) is 5.69 Å². The Morgan fingerprint density at radius 3 is 2.73 bits per heavy atom. The van der Waals surface area contributed by atoms with Crippen LogP contribution in [0.1, 0.15) is 39.2 Å². The van der Waals surface area contributed by atoms with E-state index in [0.29, 0.717) is 17.7 Å². The van der Waals surface area contributed by atoms with Gasteiger partial charge in [0.05, 0.1) is 10.6 Å². The highest BCUT2D eigenvalue weighted by atomic mass is 16.6. The molecule has 2 amide bonds. The molecule has 8 nitrogen and oxygen atoms in total. The fourth-order valence-corrected chi connectivity index (χ4v) is 2.30. The largest absolute Gasteiger partial charge is 0.438 e. The quantitative estimate of drug-likeness (QED) is 0.655. The molecule has 8 heteroatoms. The van der Waals surface area contributed by atoms with Gasteiger partial charge in [-0.15, -0.1) is 0 Å². The lowest BCUT2D eigenvalue weighted by atomic mass is 9.93. The Bertz CT molecular complexity index is 654. The molecule has 1 aliphatic rings. The van der Waals surface area contributed by atoms with E-state index in [1.807, 2.05) is 6.92 Å². The highest BCUT2D eigenvalue weighted by Crippen LogP contribution is 2.41. The van der Waals surface area contributed by atoms with Crippen molar-refractivity contribution in [1.82, 2.24) is 0 Å². The van der Waals surface area contributed by atoms with Crippen LogP contribution in [-0.4, -0.2) is 16.9 Å². The fraction of sp³-hybridized carbons (Fsp3) is 0.429. The third-order valence-electron chi connectivity index (χ3n) is 3.32. The van der Waals surface area contributed by atoms with E-state index in [1.165, 1.54) is 12.1 Å². The van der Waals surface area contributed by atoms with E-state index in [-0.39, 0.29) is 23.7 Å². The van der Waals surface area contributed by atoms with Crippen molar-refractivity contribution in [3.8, 4) is 0 Å². The van der Waals surface area contributed by atoms with Gasteiger partial charge in [0.2, 0.25) is 5.91 Å². The van der Waals surface area contributed by atoms with Crippen LogP contribution in [-0.2, 0) is 15.1 Å². The van der Waals surface area contributed by atoms with Crippen LogP contribution >= 0.6 is 0 Å². The fourth-order valence-electron chi connectivity index (χ4n) is 2.30. The topological polar surface area (TPSA) is 111 Å². The molecule has 0 unspecified atom stereocenters. The first kappa shape index (κ1) is 15.7. The van der Waals surface area contributed by atoms with Crippen LogP contribution in [0.2, 0.25) is 0 Å². The second-order valence-corrected chi connectivity index (χ2v) is 5.50. The number of cyclic esters (lactones) is 1. The number of hydrogen-bond acceptors (Lipinski definition) is 5. The summed E-state index contributed by atoms with van der Waals surface area (Å²) in [4.78, 5) is 33.8. The molecule has 0 radical (unpaired) electrons. The third kappa shape index (κ3) is 3.00. The summed E-state index contributed by atoms with van der Waals surface area (Å²) < 4.78 is 5.18. The number of nitrogens with zero attached hydrogens (tertiary/aromatic N) is 1. The Hall–Kier alpha value is -2.64. The van der Waals surface area contributed by atoms with E-state index in [0.717, 1.165) is 0 Å². The molecule has 1 aromatic carbocycles. The zero-order valence-corrected chi connectivity index (χ0v) is 12.6. The molecule has 0 saturated heterocycles. The maximum atomic E-state index is 11.7. The second-order valence-electron chi connectivity index (χ2n) is 5.50. The van der Waals surface area contributed by atoms with Crippen molar-refractivity contribution in [2.75, 3.05) is 10.6 Å². The van der Waals surface area contributed by atoms with Gasteiger partial charge in [-0.2, -0.15) is 0 Å². The van der Waals surface area contributed by atoms with Crippen molar-refractivity contribution in [2.24, 2.45) is 0 Å². The summed E-state index contributed by atoms with van der Waals surface area (Å²) in [6.45, 7) is 5.19. The van der Waals surface area contributed by atoms with Crippen LogP contribution in [0, 0.1) is 10.1 Å². The van der Waals surface area contributed by atoms with Gasteiger partial charge in [-0.3, -0.25) is 20.2 Å². The third-order valence-corrected chi connectivity index (χ3v) is 3.32. The number of anilines is 2. The number of nitrogens with one attached hydrogen (secondary N) is 2. The maximum absolute atomic E-state index is 11.7. The van der Waals surface area contributed by atoms with Gasteiger partial charge in [-0.25, -0.2) is 4.79 Å². The van der Waals surface area contributed by atoms with Gasteiger partial charge in [0.15, 0.2) is 0 Å². The summed E-state index contributed by atoms with van der Waals surface area (Å²) in [5.74, 6) is -0.302. The van der Waals surface area contributed by atoms with Crippen molar-refractivity contribution < 1.29 is 19.2 Å². The Kier molecular flexibility index (Phi) is 4.03. The molecule has 1 aromatic rings. The number of rotatable bonds is 4. The Morgan fingerprint density at radius 1 is 1.45 bits per heavy atom. The molecule has 118 valence electrons. The van der Waals surface area contributed by atoms with Crippen molar-refractivity contribution in [2.45, 2.75) is 39.2 Å². The number of benzene rings is 1. The number of hydrogen-bond donors (Lipinski definition) is 2. The Morgan fingerprint density at radius 2 is 2.14 bits per heavy atom. The molecule has 0 bridgehead atoms. The van der Waals surface area contributed by atoms with E-state index in [2.05, 4.69) is 10.6 Å². The van der Waals surface area contributed by atoms with Gasteiger partial charge in [0, 0.05) is 18.1 Å². The SMILES string of the molecule is CCCC(=O)Nc1cc2c(cc1[N+](=O)[O-])NC(=O)OC2(C)C. The van der Waals surface area contributed by atoms with Crippen molar-refractivity contribution in [1.29, 1.82) is 0 Å². The molecule has 1 aliphatic heterocycles. The molecule has 22 heavy (non-hydrogen) atoms. The first-order valence-electron chi connectivity index (χ1n) is 6.87. The molecule has 2 rings (SSSR count). The summed E-state index contributed by atoms with van der Waals surface area (Å²) in [6, 6.07) is 2.71. The van der Waals surface area contributed by atoms with E-state index < -0.39 is 16.6 Å². The normalized spacial score (nSPS) is 15.3. The summed E-state index contributed by atoms with van der Waals surface area (Å²) >= 11 is 0. The summed E-state index contributed by atoms with van der Waals surface area (Å²) in [6.07, 6.45) is 0.231. The standard InChI is InChI=1S/C14H17N3O5/c1-4-5-12(18)15-10-6-8-9(7-11(10)17(20)21)16-13(19)22-14(8,2)3/h6-7H,4-5H2,1-3H3,(H,15,18)(H,16,19). The second kappa shape index (κ2) is 5.63. The van der Waals surface area contributed by atoms with Gasteiger partial charge in [-0.1, -0.05) is 6.92 Å². The molecule has 0 fully saturated rings. The highest BCUT2D eigenvalue weighted by Gasteiger charge is 2.36. The van der Waals surface area contributed by atoms with Crippen molar-refractivity contribution in [3.63, 3.8) is 0 Å². The average molecular weight is 307 g/mol. The zero-order chi connectivity index (χ0) is 16.5. The van der Waals surface area contributed by atoms with E-state index in [1.54, 1.807) is 13.8 Å². The average Bonchev–Trinajstić information content (AvgIpc) is 2.38. The molecule has 0 spiro atoms. The number of carbonyl (C=O) groups is 2. The number of amides is 2. The zero-order valence-electron chi connectivity index (χ0n) is 12.6. The van der Waals surface area contributed by atoms with Crippen LogP contribution in [0.15, 0.2) is 12.1 Å². The number of ether oxygens (including phenoxy) is 1. The molecule has 0 aliphatic carbocycles. The molecule has 2 N–H and O–H groups in total. The number of nitro groups is 1. The minimum absolute atomic E-state index is 0.0926. The first-order valence-corrected chi connectivity index (χ1v) is 6.87. The Balaban J connectivity index is 2.52. The minimum Gasteiger partial charge on any atom is -0.438 e. The molecular weight excluding hydrogens is 290 g/mol. The van der Waals surface area contributed by atoms with E-state index in [4.69, 9.17) is 4.74 Å². The molecular formula is C14H17N3O5. The first-order chi connectivity index (χ1) is 10.2. The van der Waals surface area contributed by atoms with Crippen molar-refractivity contribution in [3.05, 3.63) is 27.8 Å². The van der Waals surface area contributed by atoms with Gasteiger partial charge in [-0.05, 0) is 26.3 Å². The Labute approximate surface area is 127 Å². The monoisotopic (exact) mass is 307 g/mol. The van der Waals surface area contributed by atoms with Crippen molar-refractivity contribution >= 4 is 29.1 Å². The van der Waals surface area contributed by atoms with Gasteiger partial charge < -0.3 is 10.1 Å². The maximum Gasteiger partial charge on any atom is 0.412 e.